The zero-order valence-electron chi connectivity index (χ0n) is 14.9. The summed E-state index contributed by atoms with van der Waals surface area (Å²) in [5.74, 6) is 0.627. The number of carbonyl (C=O) groups is 1. The molecule has 0 bridgehead atoms. The Hall–Kier alpha value is -2.83. The SMILES string of the molecule is COc1cccc(CNC(=O)c2[nH]c(=O)c(CC(C)C)nc2OC)c1. The second-order valence-electron chi connectivity index (χ2n) is 6.03. The molecule has 0 fully saturated rings. The fourth-order valence-electron chi connectivity index (χ4n) is 2.35. The molecule has 2 N–H and O–H groups in total. The van der Waals surface area contributed by atoms with Gasteiger partial charge < -0.3 is 19.8 Å². The van der Waals surface area contributed by atoms with Crippen molar-refractivity contribution in [3.8, 4) is 11.6 Å². The number of methoxy groups -OCH3 is 2. The maximum Gasteiger partial charge on any atom is 0.273 e. The van der Waals surface area contributed by atoms with Gasteiger partial charge in [-0.15, -0.1) is 0 Å². The Bertz CT molecular complexity index is 799. The van der Waals surface area contributed by atoms with Gasteiger partial charge in [0.1, 0.15) is 11.4 Å². The van der Waals surface area contributed by atoms with E-state index < -0.39 is 5.91 Å². The number of hydrogen-bond acceptors (Lipinski definition) is 5. The Balaban J connectivity index is 2.17. The van der Waals surface area contributed by atoms with Crippen LogP contribution in [0.25, 0.3) is 0 Å². The third kappa shape index (κ3) is 4.82. The summed E-state index contributed by atoms with van der Waals surface area (Å²) in [5.41, 5.74) is 0.874. The predicted octanol–water partition coefficient (Wildman–Crippen LogP) is 1.92. The third-order valence-electron chi connectivity index (χ3n) is 3.56. The van der Waals surface area contributed by atoms with E-state index in [1.807, 2.05) is 38.1 Å². The fraction of sp³-hybridized carbons (Fsp3) is 0.389. The third-order valence-corrected chi connectivity index (χ3v) is 3.56. The van der Waals surface area contributed by atoms with Crippen LogP contribution >= 0.6 is 0 Å². The number of aromatic amines is 1. The molecule has 7 nitrogen and oxygen atoms in total. The van der Waals surface area contributed by atoms with E-state index >= 15 is 0 Å². The average molecular weight is 345 g/mol. The van der Waals surface area contributed by atoms with E-state index in [0.29, 0.717) is 17.9 Å². The normalized spacial score (nSPS) is 10.6. The van der Waals surface area contributed by atoms with Gasteiger partial charge in [-0.2, -0.15) is 0 Å². The van der Waals surface area contributed by atoms with Crippen LogP contribution in [-0.4, -0.2) is 30.1 Å². The molecule has 0 unspecified atom stereocenters. The van der Waals surface area contributed by atoms with E-state index in [2.05, 4.69) is 15.3 Å². The molecule has 0 aliphatic carbocycles. The van der Waals surface area contributed by atoms with Gasteiger partial charge in [-0.25, -0.2) is 4.98 Å². The highest BCUT2D eigenvalue weighted by molar-refractivity contribution is 5.94. The van der Waals surface area contributed by atoms with Crippen molar-refractivity contribution >= 4 is 5.91 Å². The summed E-state index contributed by atoms with van der Waals surface area (Å²) in [7, 11) is 3.00. The first kappa shape index (κ1) is 18.5. The van der Waals surface area contributed by atoms with Crippen molar-refractivity contribution < 1.29 is 14.3 Å². The minimum Gasteiger partial charge on any atom is -0.497 e. The van der Waals surface area contributed by atoms with Crippen LogP contribution < -0.4 is 20.3 Å². The van der Waals surface area contributed by atoms with Crippen molar-refractivity contribution in [3.63, 3.8) is 0 Å². The zero-order chi connectivity index (χ0) is 18.4. The van der Waals surface area contributed by atoms with E-state index in [9.17, 15) is 9.59 Å². The molecular weight excluding hydrogens is 322 g/mol. The van der Waals surface area contributed by atoms with Gasteiger partial charge in [0.25, 0.3) is 11.5 Å². The topological polar surface area (TPSA) is 93.3 Å². The number of hydrogen-bond donors (Lipinski definition) is 2. The Kier molecular flexibility index (Phi) is 6.16. The van der Waals surface area contributed by atoms with Crippen molar-refractivity contribution in [2.75, 3.05) is 14.2 Å². The molecule has 2 rings (SSSR count). The average Bonchev–Trinajstić information content (AvgIpc) is 2.60. The maximum absolute atomic E-state index is 12.4. The number of ether oxygens (including phenoxy) is 2. The lowest BCUT2D eigenvalue weighted by Crippen LogP contribution is -2.29. The van der Waals surface area contributed by atoms with E-state index in [0.717, 1.165) is 5.56 Å². The Morgan fingerprint density at radius 1 is 1.28 bits per heavy atom. The van der Waals surface area contributed by atoms with Crippen LogP contribution in [0.3, 0.4) is 0 Å². The second kappa shape index (κ2) is 8.32. The quantitative estimate of drug-likeness (QED) is 0.800. The summed E-state index contributed by atoms with van der Waals surface area (Å²) in [5, 5.41) is 2.74. The molecule has 1 aromatic carbocycles. The molecule has 0 spiro atoms. The zero-order valence-corrected chi connectivity index (χ0v) is 14.9. The summed E-state index contributed by atoms with van der Waals surface area (Å²) in [6.07, 6.45) is 0.511. The predicted molar refractivity (Wildman–Crippen MR) is 94.1 cm³/mol. The van der Waals surface area contributed by atoms with Crippen LogP contribution in [0.15, 0.2) is 29.1 Å². The molecule has 134 valence electrons. The number of carbonyl (C=O) groups excluding carboxylic acids is 1. The number of nitrogens with zero attached hydrogens (tertiary/aromatic N) is 1. The van der Waals surface area contributed by atoms with Gasteiger partial charge in [-0.1, -0.05) is 26.0 Å². The summed E-state index contributed by atoms with van der Waals surface area (Å²) in [6.45, 7) is 4.26. The minimum atomic E-state index is -0.458. The van der Waals surface area contributed by atoms with Gasteiger partial charge >= 0.3 is 0 Å². The number of rotatable bonds is 7. The van der Waals surface area contributed by atoms with Gasteiger partial charge in [0.05, 0.1) is 14.2 Å². The van der Waals surface area contributed by atoms with Crippen molar-refractivity contribution in [2.24, 2.45) is 5.92 Å². The second-order valence-corrected chi connectivity index (χ2v) is 6.03. The molecule has 7 heteroatoms. The molecule has 25 heavy (non-hydrogen) atoms. The Morgan fingerprint density at radius 3 is 2.68 bits per heavy atom. The van der Waals surface area contributed by atoms with Crippen LogP contribution in [0.1, 0.15) is 35.6 Å². The van der Waals surface area contributed by atoms with E-state index in [4.69, 9.17) is 9.47 Å². The van der Waals surface area contributed by atoms with Crippen molar-refractivity contribution in [1.82, 2.24) is 15.3 Å². The lowest BCUT2D eigenvalue weighted by Gasteiger charge is -2.11. The van der Waals surface area contributed by atoms with Crippen molar-refractivity contribution in [2.45, 2.75) is 26.8 Å². The molecule has 0 aliphatic rings. The van der Waals surface area contributed by atoms with E-state index in [1.165, 1.54) is 7.11 Å². The molecule has 1 aromatic heterocycles. The monoisotopic (exact) mass is 345 g/mol. The Morgan fingerprint density at radius 2 is 2.04 bits per heavy atom. The van der Waals surface area contributed by atoms with Crippen LogP contribution in [0, 0.1) is 5.92 Å². The minimum absolute atomic E-state index is 0.0166. The van der Waals surface area contributed by atoms with Crippen molar-refractivity contribution in [3.05, 3.63) is 51.6 Å². The van der Waals surface area contributed by atoms with Gasteiger partial charge in [-0.3, -0.25) is 9.59 Å². The Labute approximate surface area is 146 Å². The highest BCUT2D eigenvalue weighted by Gasteiger charge is 2.18. The highest BCUT2D eigenvalue weighted by Crippen LogP contribution is 2.14. The van der Waals surface area contributed by atoms with Crippen LogP contribution in [0.2, 0.25) is 0 Å². The molecule has 0 saturated carbocycles. The molecule has 0 radical (unpaired) electrons. The maximum atomic E-state index is 12.4. The molecule has 0 atom stereocenters. The first-order chi connectivity index (χ1) is 11.9. The summed E-state index contributed by atoms with van der Waals surface area (Å²) >= 11 is 0. The fourth-order valence-corrected chi connectivity index (χ4v) is 2.35. The molecule has 0 aliphatic heterocycles. The van der Waals surface area contributed by atoms with E-state index in [-0.39, 0.29) is 29.6 Å². The van der Waals surface area contributed by atoms with E-state index in [1.54, 1.807) is 7.11 Å². The first-order valence-electron chi connectivity index (χ1n) is 8.03. The number of amides is 1. The standard InChI is InChI=1S/C18H23N3O4/c1-11(2)8-14-16(22)21-15(18(20-14)25-4)17(23)19-10-12-6-5-7-13(9-12)24-3/h5-7,9,11H,8,10H2,1-4H3,(H,19,23)(H,21,22). The number of aromatic nitrogens is 2. The van der Waals surface area contributed by atoms with Crippen LogP contribution in [-0.2, 0) is 13.0 Å². The first-order valence-corrected chi connectivity index (χ1v) is 8.03. The largest absolute Gasteiger partial charge is 0.497 e. The highest BCUT2D eigenvalue weighted by atomic mass is 16.5. The summed E-state index contributed by atoms with van der Waals surface area (Å²) < 4.78 is 10.3. The molecule has 1 heterocycles. The van der Waals surface area contributed by atoms with Gasteiger partial charge in [0.2, 0.25) is 5.88 Å². The van der Waals surface area contributed by atoms with Crippen LogP contribution in [0.5, 0.6) is 11.6 Å². The molecule has 1 amide bonds. The molecule has 0 saturated heterocycles. The van der Waals surface area contributed by atoms with Crippen molar-refractivity contribution in [1.29, 1.82) is 0 Å². The summed E-state index contributed by atoms with van der Waals surface area (Å²) in [4.78, 5) is 31.3. The lowest BCUT2D eigenvalue weighted by atomic mass is 10.1. The summed E-state index contributed by atoms with van der Waals surface area (Å²) in [6, 6.07) is 7.35. The number of nitrogens with one attached hydrogen (secondary N) is 2. The van der Waals surface area contributed by atoms with Gasteiger partial charge in [0, 0.05) is 6.54 Å². The van der Waals surface area contributed by atoms with Crippen LogP contribution in [0.4, 0.5) is 0 Å². The van der Waals surface area contributed by atoms with Gasteiger partial charge in [-0.05, 0) is 30.0 Å². The van der Waals surface area contributed by atoms with Gasteiger partial charge in [0.15, 0.2) is 5.69 Å². The molecule has 2 aromatic rings. The smallest absolute Gasteiger partial charge is 0.273 e. The lowest BCUT2D eigenvalue weighted by molar-refractivity contribution is 0.0941. The number of H-pyrrole nitrogens is 1. The molecular formula is C18H23N3O4. The number of benzene rings is 1.